The van der Waals surface area contributed by atoms with Crippen molar-refractivity contribution in [2.75, 3.05) is 6.61 Å². The smallest absolute Gasteiger partial charge is 0.121 e. The molecule has 4 nitrogen and oxygen atoms in total. The molecule has 4 heteroatoms. The van der Waals surface area contributed by atoms with Crippen molar-refractivity contribution >= 4 is 0 Å². The molecule has 0 unspecified atom stereocenters. The maximum atomic E-state index is 9.31. The van der Waals surface area contributed by atoms with Crippen molar-refractivity contribution in [1.29, 1.82) is 0 Å². The van der Waals surface area contributed by atoms with Gasteiger partial charge in [0.25, 0.3) is 0 Å². The van der Waals surface area contributed by atoms with Crippen LogP contribution in [-0.2, 0) is 12.1 Å². The fourth-order valence-corrected chi connectivity index (χ4v) is 1.16. The minimum atomic E-state index is -0.850. The van der Waals surface area contributed by atoms with E-state index >= 15 is 0 Å². The number of aliphatic hydroxyl groups excluding tert-OH is 2. The van der Waals surface area contributed by atoms with Gasteiger partial charge in [-0.25, -0.2) is 0 Å². The highest BCUT2D eigenvalue weighted by Gasteiger charge is 2.20. The number of phenols is 1. The van der Waals surface area contributed by atoms with E-state index in [0.717, 1.165) is 0 Å². The van der Waals surface area contributed by atoms with Crippen LogP contribution in [0.1, 0.15) is 18.1 Å². The van der Waals surface area contributed by atoms with Crippen LogP contribution in [0.4, 0.5) is 0 Å². The highest BCUT2D eigenvalue weighted by Crippen LogP contribution is 2.24. The zero-order valence-corrected chi connectivity index (χ0v) is 8.07. The molecular formula is C10H15NO3. The maximum Gasteiger partial charge on any atom is 0.121 e. The molecule has 0 aliphatic rings. The predicted octanol–water partition coefficient (Wildman–Crippen LogP) is 0.0507. The zero-order valence-electron chi connectivity index (χ0n) is 8.07. The minimum Gasteiger partial charge on any atom is -0.508 e. The number of aromatic hydroxyl groups is 1. The summed E-state index contributed by atoms with van der Waals surface area (Å²) in [6.07, 6.45) is 0. The topological polar surface area (TPSA) is 86.7 Å². The third-order valence-electron chi connectivity index (χ3n) is 2.24. The summed E-state index contributed by atoms with van der Waals surface area (Å²) < 4.78 is 0. The number of hydrogen-bond donors (Lipinski definition) is 4. The Labute approximate surface area is 82.6 Å². The second-order valence-electron chi connectivity index (χ2n) is 3.58. The molecule has 0 saturated heterocycles. The molecule has 0 aliphatic carbocycles. The van der Waals surface area contributed by atoms with Gasteiger partial charge in [-0.2, -0.15) is 0 Å². The summed E-state index contributed by atoms with van der Waals surface area (Å²) >= 11 is 0. The lowest BCUT2D eigenvalue weighted by atomic mass is 9.92. The first kappa shape index (κ1) is 11.0. The molecule has 0 amide bonds. The largest absolute Gasteiger partial charge is 0.508 e. The second kappa shape index (κ2) is 3.96. The molecule has 1 atom stereocenters. The van der Waals surface area contributed by atoms with E-state index < -0.39 is 5.54 Å². The average molecular weight is 197 g/mol. The number of benzene rings is 1. The van der Waals surface area contributed by atoms with E-state index in [2.05, 4.69) is 0 Å². The Morgan fingerprint density at radius 1 is 1.36 bits per heavy atom. The number of hydrogen-bond acceptors (Lipinski definition) is 4. The number of rotatable bonds is 3. The lowest BCUT2D eigenvalue weighted by Gasteiger charge is -2.23. The van der Waals surface area contributed by atoms with Crippen molar-refractivity contribution < 1.29 is 15.3 Å². The molecule has 5 N–H and O–H groups in total. The summed E-state index contributed by atoms with van der Waals surface area (Å²) in [5, 5.41) is 27.3. The second-order valence-corrected chi connectivity index (χ2v) is 3.58. The van der Waals surface area contributed by atoms with Crippen LogP contribution in [0.3, 0.4) is 0 Å². The van der Waals surface area contributed by atoms with Crippen LogP contribution in [0.15, 0.2) is 18.2 Å². The first-order valence-electron chi connectivity index (χ1n) is 4.34. The first-order valence-corrected chi connectivity index (χ1v) is 4.34. The van der Waals surface area contributed by atoms with Crippen LogP contribution in [0.25, 0.3) is 0 Å². The van der Waals surface area contributed by atoms with Gasteiger partial charge < -0.3 is 21.1 Å². The SMILES string of the molecule is C[C@@](N)(CO)c1ccc(O)c(CO)c1. The van der Waals surface area contributed by atoms with Crippen LogP contribution < -0.4 is 5.73 Å². The maximum absolute atomic E-state index is 9.31. The van der Waals surface area contributed by atoms with Crippen molar-refractivity contribution in [3.05, 3.63) is 29.3 Å². The molecule has 0 heterocycles. The van der Waals surface area contributed by atoms with E-state index in [-0.39, 0.29) is 19.0 Å². The van der Waals surface area contributed by atoms with Crippen molar-refractivity contribution in [1.82, 2.24) is 0 Å². The highest BCUT2D eigenvalue weighted by atomic mass is 16.3. The Bertz CT molecular complexity index is 323. The third-order valence-corrected chi connectivity index (χ3v) is 2.24. The molecule has 1 aromatic rings. The van der Waals surface area contributed by atoms with Crippen molar-refractivity contribution in [2.45, 2.75) is 19.1 Å². The summed E-state index contributed by atoms with van der Waals surface area (Å²) in [5.74, 6) is 0.0324. The standard InChI is InChI=1S/C10H15NO3/c1-10(11,6-13)8-2-3-9(14)7(4-8)5-12/h2-4,12-14H,5-6,11H2,1H3/t10-/m1/s1. The van der Waals surface area contributed by atoms with Gasteiger partial charge in [0.2, 0.25) is 0 Å². The van der Waals surface area contributed by atoms with E-state index in [1.165, 1.54) is 6.07 Å². The van der Waals surface area contributed by atoms with Gasteiger partial charge in [-0.1, -0.05) is 6.07 Å². The van der Waals surface area contributed by atoms with Crippen LogP contribution in [-0.4, -0.2) is 21.9 Å². The predicted molar refractivity (Wildman–Crippen MR) is 52.7 cm³/mol. The molecule has 78 valence electrons. The number of nitrogens with two attached hydrogens (primary N) is 1. The van der Waals surface area contributed by atoms with E-state index in [4.69, 9.17) is 15.9 Å². The number of aliphatic hydroxyl groups is 2. The Morgan fingerprint density at radius 3 is 2.50 bits per heavy atom. The van der Waals surface area contributed by atoms with Gasteiger partial charge in [0, 0.05) is 5.56 Å². The Hall–Kier alpha value is -1.10. The molecule has 0 radical (unpaired) electrons. The average Bonchev–Trinajstić information content (AvgIpc) is 2.18. The summed E-state index contributed by atoms with van der Waals surface area (Å²) in [7, 11) is 0. The lowest BCUT2D eigenvalue weighted by Crippen LogP contribution is -2.36. The van der Waals surface area contributed by atoms with E-state index in [1.54, 1.807) is 19.1 Å². The quantitative estimate of drug-likeness (QED) is 0.551. The molecule has 0 aromatic heterocycles. The third kappa shape index (κ3) is 2.04. The van der Waals surface area contributed by atoms with Gasteiger partial charge in [0.05, 0.1) is 18.8 Å². The van der Waals surface area contributed by atoms with Crippen molar-refractivity contribution in [3.8, 4) is 5.75 Å². The van der Waals surface area contributed by atoms with Crippen LogP contribution in [0.2, 0.25) is 0 Å². The van der Waals surface area contributed by atoms with Gasteiger partial charge in [0.15, 0.2) is 0 Å². The highest BCUT2D eigenvalue weighted by molar-refractivity contribution is 5.38. The molecular weight excluding hydrogens is 182 g/mol. The van der Waals surface area contributed by atoms with Crippen molar-refractivity contribution in [2.24, 2.45) is 5.73 Å². The fraction of sp³-hybridized carbons (Fsp3) is 0.400. The van der Waals surface area contributed by atoms with Gasteiger partial charge in [0.1, 0.15) is 5.75 Å². The molecule has 1 aromatic carbocycles. The van der Waals surface area contributed by atoms with Gasteiger partial charge in [-0.15, -0.1) is 0 Å². The monoisotopic (exact) mass is 197 g/mol. The molecule has 0 aliphatic heterocycles. The summed E-state index contributed by atoms with van der Waals surface area (Å²) in [4.78, 5) is 0. The van der Waals surface area contributed by atoms with E-state index in [9.17, 15) is 5.11 Å². The van der Waals surface area contributed by atoms with Crippen LogP contribution in [0.5, 0.6) is 5.75 Å². The Balaban J connectivity index is 3.12. The molecule has 1 rings (SSSR count). The van der Waals surface area contributed by atoms with Crippen molar-refractivity contribution in [3.63, 3.8) is 0 Å². The van der Waals surface area contributed by atoms with Gasteiger partial charge >= 0.3 is 0 Å². The fourth-order valence-electron chi connectivity index (χ4n) is 1.16. The normalized spacial score (nSPS) is 15.1. The first-order chi connectivity index (χ1) is 6.51. The van der Waals surface area contributed by atoms with Gasteiger partial charge in [-0.3, -0.25) is 0 Å². The summed E-state index contributed by atoms with van der Waals surface area (Å²) in [6.45, 7) is 1.24. The Kier molecular flexibility index (Phi) is 3.10. The van der Waals surface area contributed by atoms with E-state index in [1.807, 2.05) is 0 Å². The molecule has 0 saturated carbocycles. The lowest BCUT2D eigenvalue weighted by molar-refractivity contribution is 0.209. The Morgan fingerprint density at radius 2 is 2.00 bits per heavy atom. The molecule has 0 bridgehead atoms. The van der Waals surface area contributed by atoms with E-state index in [0.29, 0.717) is 11.1 Å². The molecule has 0 fully saturated rings. The van der Waals surface area contributed by atoms with Crippen LogP contribution >= 0.6 is 0 Å². The minimum absolute atomic E-state index is 0.0324. The molecule has 0 spiro atoms. The summed E-state index contributed by atoms with van der Waals surface area (Å²) in [5.41, 5.74) is 6.04. The van der Waals surface area contributed by atoms with Gasteiger partial charge in [-0.05, 0) is 24.6 Å². The zero-order chi connectivity index (χ0) is 10.8. The molecule has 14 heavy (non-hydrogen) atoms. The summed E-state index contributed by atoms with van der Waals surface area (Å²) in [6, 6.07) is 4.68. The van der Waals surface area contributed by atoms with Crippen LogP contribution in [0, 0.1) is 0 Å².